The van der Waals surface area contributed by atoms with Crippen LogP contribution in [0.3, 0.4) is 0 Å². The molecule has 3 aromatic heterocycles. The number of rotatable bonds is 28. The van der Waals surface area contributed by atoms with Gasteiger partial charge >= 0.3 is 5.97 Å². The second-order valence-electron chi connectivity index (χ2n) is 17.8. The van der Waals surface area contributed by atoms with Crippen molar-refractivity contribution in [2.24, 2.45) is 0 Å². The van der Waals surface area contributed by atoms with E-state index in [4.69, 9.17) is 14.6 Å². The Kier molecular flexibility index (Phi) is 18.9. The van der Waals surface area contributed by atoms with Crippen LogP contribution in [0.4, 0.5) is 17.1 Å². The van der Waals surface area contributed by atoms with Crippen LogP contribution < -0.4 is 18.9 Å². The summed E-state index contributed by atoms with van der Waals surface area (Å²) in [7, 11) is 0. The Labute approximate surface area is 408 Å². The van der Waals surface area contributed by atoms with E-state index in [0.717, 1.165) is 80.3 Å². The smallest absolute Gasteiger partial charge is 0.303 e. The van der Waals surface area contributed by atoms with E-state index in [-0.39, 0.29) is 6.42 Å². The minimum atomic E-state index is -0.747. The zero-order valence-corrected chi connectivity index (χ0v) is 42.0. The number of carboxylic acids is 1. The standard InChI is InChI=1S/C59H70N2O4S2/c1-5-9-13-15-18-47-42-56(59-48(19-16-14-10-6-2)41-55(66-59)46-21-22-49-43-60(36-17-20-57(62)63)37-35-45(49)40-46)67-58(47)44-23-25-50(26-24-44)61(51-27-31-53(32-28-51)64-38-11-7-3)52-29-33-54(34-30-52)65-39-12-8-4/h21-35,37,40-43H,5-20,36,38-39H2,1-4H3/p+1. The molecule has 0 unspecified atom stereocenters. The highest BCUT2D eigenvalue weighted by Gasteiger charge is 2.20. The van der Waals surface area contributed by atoms with Crippen LogP contribution in [0.15, 0.2) is 122 Å². The van der Waals surface area contributed by atoms with Gasteiger partial charge in [-0.2, -0.15) is 0 Å². The Morgan fingerprint density at radius 3 is 1.63 bits per heavy atom. The van der Waals surface area contributed by atoms with Crippen LogP contribution in [-0.4, -0.2) is 24.3 Å². The van der Waals surface area contributed by atoms with E-state index < -0.39 is 5.97 Å². The third-order valence-corrected chi connectivity index (χ3v) is 15.1. The first kappa shape index (κ1) is 49.5. The Hall–Kier alpha value is -5.44. The number of carboxylic acid groups (broad SMARTS) is 1. The highest BCUT2D eigenvalue weighted by atomic mass is 32.1. The van der Waals surface area contributed by atoms with Gasteiger partial charge in [0, 0.05) is 54.4 Å². The fraction of sp³-hybridized carbons (Fsp3) is 0.390. The maximum absolute atomic E-state index is 11.1. The van der Waals surface area contributed by atoms with Crippen molar-refractivity contribution in [3.05, 3.63) is 133 Å². The summed E-state index contributed by atoms with van der Waals surface area (Å²) in [4.78, 5) is 18.9. The summed E-state index contributed by atoms with van der Waals surface area (Å²) >= 11 is 3.91. The van der Waals surface area contributed by atoms with Crippen LogP contribution in [0.1, 0.15) is 129 Å². The van der Waals surface area contributed by atoms with E-state index in [9.17, 15) is 4.79 Å². The van der Waals surface area contributed by atoms with E-state index in [1.54, 1.807) is 0 Å². The molecule has 0 amide bonds. The number of aromatic nitrogens is 1. The van der Waals surface area contributed by atoms with Gasteiger partial charge in [-0.3, -0.25) is 4.79 Å². The van der Waals surface area contributed by atoms with E-state index in [0.29, 0.717) is 13.0 Å². The molecule has 67 heavy (non-hydrogen) atoms. The lowest BCUT2D eigenvalue weighted by Crippen LogP contribution is -2.32. The summed E-state index contributed by atoms with van der Waals surface area (Å²) in [6.45, 7) is 11.1. The first-order chi connectivity index (χ1) is 32.9. The van der Waals surface area contributed by atoms with Crippen molar-refractivity contribution in [1.29, 1.82) is 0 Å². The molecule has 0 bridgehead atoms. The molecule has 1 N–H and O–H groups in total. The molecule has 8 heteroatoms. The largest absolute Gasteiger partial charge is 0.494 e. The van der Waals surface area contributed by atoms with Crippen LogP contribution in [-0.2, 0) is 24.2 Å². The second kappa shape index (κ2) is 25.6. The quantitative estimate of drug-likeness (QED) is 0.0392. The van der Waals surface area contributed by atoms with Crippen LogP contribution in [0.2, 0.25) is 0 Å². The number of hydrogen-bond donors (Lipinski definition) is 1. The number of benzene rings is 4. The van der Waals surface area contributed by atoms with Gasteiger partial charge in [-0.1, -0.05) is 97.3 Å². The molecule has 4 aromatic carbocycles. The molecule has 3 heterocycles. The highest BCUT2D eigenvalue weighted by Crippen LogP contribution is 2.47. The molecule has 0 saturated carbocycles. The first-order valence-corrected chi connectivity index (χ1v) is 26.8. The molecular formula is C59H71N2O4S2+. The number of pyridine rings is 1. The van der Waals surface area contributed by atoms with Crippen LogP contribution in [0, 0.1) is 0 Å². The fourth-order valence-electron chi connectivity index (χ4n) is 8.62. The Balaban J connectivity index is 1.22. The summed E-state index contributed by atoms with van der Waals surface area (Å²) < 4.78 is 14.2. The Morgan fingerprint density at radius 2 is 1.06 bits per heavy atom. The summed E-state index contributed by atoms with van der Waals surface area (Å²) in [5.41, 5.74) is 8.68. The monoisotopic (exact) mass is 935 g/mol. The van der Waals surface area contributed by atoms with Crippen molar-refractivity contribution < 1.29 is 23.9 Å². The van der Waals surface area contributed by atoms with Gasteiger partial charge in [0.05, 0.1) is 19.6 Å². The molecule has 7 aromatic rings. The van der Waals surface area contributed by atoms with Gasteiger partial charge in [0.2, 0.25) is 0 Å². The number of aliphatic carboxylic acids is 1. The third-order valence-electron chi connectivity index (χ3n) is 12.5. The molecule has 0 fully saturated rings. The van der Waals surface area contributed by atoms with Gasteiger partial charge < -0.3 is 19.5 Å². The molecule has 0 spiro atoms. The number of hydrogen-bond acceptors (Lipinski definition) is 6. The average molecular weight is 936 g/mol. The number of aryl methyl sites for hydroxylation is 3. The average Bonchev–Trinajstić information content (AvgIpc) is 3.98. The van der Waals surface area contributed by atoms with Crippen LogP contribution in [0.5, 0.6) is 11.5 Å². The van der Waals surface area contributed by atoms with Crippen LogP contribution in [0.25, 0.3) is 41.4 Å². The molecule has 0 aliphatic rings. The molecule has 0 aliphatic carbocycles. The van der Waals surface area contributed by atoms with E-state index in [1.807, 2.05) is 22.7 Å². The zero-order chi connectivity index (χ0) is 46.8. The first-order valence-electron chi connectivity index (χ1n) is 25.1. The molecule has 0 aliphatic heterocycles. The summed E-state index contributed by atoms with van der Waals surface area (Å²) in [6.07, 6.45) is 21.3. The topological polar surface area (TPSA) is 62.9 Å². The zero-order valence-electron chi connectivity index (χ0n) is 40.4. The number of anilines is 3. The van der Waals surface area contributed by atoms with E-state index in [1.165, 1.54) is 104 Å². The van der Waals surface area contributed by atoms with Crippen molar-refractivity contribution in [3.8, 4) is 42.1 Å². The predicted molar refractivity (Wildman–Crippen MR) is 284 cm³/mol. The van der Waals surface area contributed by atoms with Crippen molar-refractivity contribution >= 4 is 56.5 Å². The lowest BCUT2D eigenvalue weighted by atomic mass is 10.0. The van der Waals surface area contributed by atoms with Gasteiger partial charge in [0.15, 0.2) is 12.4 Å². The molecule has 0 atom stereocenters. The number of carbonyl (C=O) groups is 1. The molecule has 6 nitrogen and oxygen atoms in total. The normalized spacial score (nSPS) is 11.3. The second-order valence-corrected chi connectivity index (χ2v) is 20.0. The highest BCUT2D eigenvalue weighted by molar-refractivity contribution is 7.25. The molecule has 7 rings (SSSR count). The lowest BCUT2D eigenvalue weighted by Gasteiger charge is -2.26. The minimum absolute atomic E-state index is 0.180. The Bertz CT molecular complexity index is 2540. The number of fused-ring (bicyclic) bond motifs is 1. The van der Waals surface area contributed by atoms with Crippen molar-refractivity contribution in [3.63, 3.8) is 0 Å². The van der Waals surface area contributed by atoms with Gasteiger partial charge in [-0.25, -0.2) is 4.57 Å². The Morgan fingerprint density at radius 1 is 0.537 bits per heavy atom. The minimum Gasteiger partial charge on any atom is -0.494 e. The lowest BCUT2D eigenvalue weighted by molar-refractivity contribution is -0.696. The number of unbranched alkanes of at least 4 members (excludes halogenated alkanes) is 8. The summed E-state index contributed by atoms with van der Waals surface area (Å²) in [6, 6.07) is 40.2. The SMILES string of the molecule is CCCCCCc1cc(-c2sc(-c3ccc4c[n+](CCCC(=O)O)ccc4c3)cc2CCCCCC)sc1-c1ccc(N(c2ccc(OCCCC)cc2)c2ccc(OCCCC)cc2)cc1. The fourth-order valence-corrected chi connectivity index (χ4v) is 11.2. The van der Waals surface area contributed by atoms with E-state index >= 15 is 0 Å². The molecular weight excluding hydrogens is 865 g/mol. The maximum Gasteiger partial charge on any atom is 0.303 e. The van der Waals surface area contributed by atoms with Gasteiger partial charge in [-0.15, -0.1) is 22.7 Å². The van der Waals surface area contributed by atoms with Crippen LogP contribution >= 0.6 is 22.7 Å². The molecule has 0 radical (unpaired) electrons. The molecule has 0 saturated heterocycles. The third kappa shape index (κ3) is 13.8. The van der Waals surface area contributed by atoms with Crippen molar-refractivity contribution in [1.82, 2.24) is 0 Å². The van der Waals surface area contributed by atoms with Gasteiger partial charge in [0.25, 0.3) is 0 Å². The summed E-state index contributed by atoms with van der Waals surface area (Å²) in [5.74, 6) is 1.04. The molecule has 352 valence electrons. The van der Waals surface area contributed by atoms with Gasteiger partial charge in [0.1, 0.15) is 18.0 Å². The number of nitrogens with zero attached hydrogens (tertiary/aromatic N) is 2. The van der Waals surface area contributed by atoms with E-state index in [2.05, 4.69) is 159 Å². The number of ether oxygens (including phenoxy) is 2. The van der Waals surface area contributed by atoms with Crippen molar-refractivity contribution in [2.45, 2.75) is 137 Å². The van der Waals surface area contributed by atoms with Crippen molar-refractivity contribution in [2.75, 3.05) is 18.1 Å². The summed E-state index contributed by atoms with van der Waals surface area (Å²) in [5, 5.41) is 11.5. The van der Waals surface area contributed by atoms with Gasteiger partial charge in [-0.05, 0) is 151 Å². The maximum atomic E-state index is 11.1. The number of thiophene rings is 2. The predicted octanol–water partition coefficient (Wildman–Crippen LogP) is 17.2.